The van der Waals surface area contributed by atoms with E-state index in [2.05, 4.69) is 10.4 Å². The van der Waals surface area contributed by atoms with Gasteiger partial charge in [-0.2, -0.15) is 5.10 Å². The second-order valence-corrected chi connectivity index (χ2v) is 7.17. The summed E-state index contributed by atoms with van der Waals surface area (Å²) in [6.07, 6.45) is 6.37. The monoisotopic (exact) mass is 396 g/mol. The van der Waals surface area contributed by atoms with Crippen LogP contribution in [0.2, 0.25) is 0 Å². The van der Waals surface area contributed by atoms with Gasteiger partial charge in [-0.3, -0.25) is 4.79 Å². The van der Waals surface area contributed by atoms with Crippen LogP contribution in [0.1, 0.15) is 53.8 Å². The first-order valence-electron chi connectivity index (χ1n) is 9.17. The zero-order valence-corrected chi connectivity index (χ0v) is 15.7. The van der Waals surface area contributed by atoms with E-state index < -0.39 is 11.6 Å². The molecule has 0 aliphatic heterocycles. The highest BCUT2D eigenvalue weighted by molar-refractivity contribution is 5.94. The quantitative estimate of drug-likeness (QED) is 0.837. The molecule has 2 atom stereocenters. The molecule has 0 spiro atoms. The molecular formula is C19H23ClF2N4O. The summed E-state index contributed by atoms with van der Waals surface area (Å²) in [5.74, 6) is -2.06. The van der Waals surface area contributed by atoms with Crippen molar-refractivity contribution in [1.29, 1.82) is 0 Å². The van der Waals surface area contributed by atoms with Gasteiger partial charge in [0.15, 0.2) is 17.3 Å². The van der Waals surface area contributed by atoms with Gasteiger partial charge in [-0.25, -0.2) is 13.5 Å². The third kappa shape index (κ3) is 3.71. The van der Waals surface area contributed by atoms with Gasteiger partial charge in [0.1, 0.15) is 0 Å². The SMILES string of the molecule is Cl.N[C@@H]1CCCC[C@H]1NC(=O)c1nn(-c2ccc(F)c(F)c2)c2c1CCC2. The summed E-state index contributed by atoms with van der Waals surface area (Å²) in [5.41, 5.74) is 8.73. The molecule has 8 heteroatoms. The van der Waals surface area contributed by atoms with Crippen molar-refractivity contribution in [1.82, 2.24) is 15.1 Å². The van der Waals surface area contributed by atoms with Crippen LogP contribution in [0.3, 0.4) is 0 Å². The van der Waals surface area contributed by atoms with E-state index in [4.69, 9.17) is 5.73 Å². The minimum Gasteiger partial charge on any atom is -0.346 e. The lowest BCUT2D eigenvalue weighted by atomic mass is 9.91. The van der Waals surface area contributed by atoms with E-state index in [0.717, 1.165) is 68.3 Å². The molecule has 1 aromatic carbocycles. The Kier molecular flexibility index (Phi) is 5.81. The minimum absolute atomic E-state index is 0. The van der Waals surface area contributed by atoms with Gasteiger partial charge in [0, 0.05) is 29.4 Å². The van der Waals surface area contributed by atoms with Crippen molar-refractivity contribution in [3.05, 3.63) is 46.8 Å². The van der Waals surface area contributed by atoms with Gasteiger partial charge < -0.3 is 11.1 Å². The van der Waals surface area contributed by atoms with Crippen LogP contribution in [0.4, 0.5) is 8.78 Å². The molecule has 146 valence electrons. The molecule has 4 rings (SSSR count). The van der Waals surface area contributed by atoms with Crippen molar-refractivity contribution in [3.63, 3.8) is 0 Å². The normalized spacial score (nSPS) is 21.4. The van der Waals surface area contributed by atoms with Crippen molar-refractivity contribution >= 4 is 18.3 Å². The predicted molar refractivity (Wildman–Crippen MR) is 100 cm³/mol. The van der Waals surface area contributed by atoms with Crippen LogP contribution in [0.5, 0.6) is 0 Å². The molecule has 0 bridgehead atoms. The van der Waals surface area contributed by atoms with E-state index in [0.29, 0.717) is 11.4 Å². The number of halogens is 3. The molecule has 2 aliphatic rings. The Morgan fingerprint density at radius 2 is 1.93 bits per heavy atom. The first kappa shape index (κ1) is 19.8. The highest BCUT2D eigenvalue weighted by Crippen LogP contribution is 2.28. The van der Waals surface area contributed by atoms with Crippen LogP contribution in [-0.2, 0) is 12.8 Å². The third-order valence-corrected chi connectivity index (χ3v) is 5.43. The number of benzene rings is 1. The lowest BCUT2D eigenvalue weighted by Gasteiger charge is -2.29. The summed E-state index contributed by atoms with van der Waals surface area (Å²) in [4.78, 5) is 12.8. The number of amides is 1. The topological polar surface area (TPSA) is 72.9 Å². The summed E-state index contributed by atoms with van der Waals surface area (Å²) in [5, 5.41) is 7.46. The van der Waals surface area contributed by atoms with Crippen molar-refractivity contribution < 1.29 is 13.6 Å². The largest absolute Gasteiger partial charge is 0.346 e. The van der Waals surface area contributed by atoms with E-state index in [-0.39, 0.29) is 30.4 Å². The van der Waals surface area contributed by atoms with E-state index in [9.17, 15) is 13.6 Å². The molecule has 1 aromatic heterocycles. The predicted octanol–water partition coefficient (Wildman–Crippen LogP) is 3.06. The van der Waals surface area contributed by atoms with Gasteiger partial charge in [0.2, 0.25) is 0 Å². The van der Waals surface area contributed by atoms with Gasteiger partial charge in [-0.1, -0.05) is 12.8 Å². The number of fused-ring (bicyclic) bond motifs is 1. The highest BCUT2D eigenvalue weighted by Gasteiger charge is 2.30. The number of hydrogen-bond acceptors (Lipinski definition) is 3. The fraction of sp³-hybridized carbons (Fsp3) is 0.474. The maximum absolute atomic E-state index is 13.6. The Bertz CT molecular complexity index is 854. The first-order chi connectivity index (χ1) is 12.5. The van der Waals surface area contributed by atoms with Crippen molar-refractivity contribution in [2.24, 2.45) is 5.73 Å². The van der Waals surface area contributed by atoms with Gasteiger partial charge in [0.05, 0.1) is 5.69 Å². The summed E-state index contributed by atoms with van der Waals surface area (Å²) < 4.78 is 28.4. The standard InChI is InChI=1S/C19H22F2N4O.ClH/c20-13-9-8-11(10-14(13)21)25-17-7-3-4-12(17)18(24-25)19(26)23-16-6-2-1-5-15(16)22;/h8-10,15-16H,1-7,22H2,(H,23,26);1H/t15-,16-;/m1./s1. The van der Waals surface area contributed by atoms with Gasteiger partial charge in [-0.05, 0) is 44.2 Å². The Labute approximate surface area is 162 Å². The Morgan fingerprint density at radius 3 is 2.67 bits per heavy atom. The van der Waals surface area contributed by atoms with E-state index in [1.165, 1.54) is 6.07 Å². The van der Waals surface area contributed by atoms with Crippen LogP contribution in [0.15, 0.2) is 18.2 Å². The van der Waals surface area contributed by atoms with Gasteiger partial charge in [-0.15, -0.1) is 12.4 Å². The number of nitrogens with one attached hydrogen (secondary N) is 1. The second-order valence-electron chi connectivity index (χ2n) is 7.17. The maximum Gasteiger partial charge on any atom is 0.272 e. The second kappa shape index (κ2) is 7.94. The number of rotatable bonds is 3. The average Bonchev–Trinajstić information content (AvgIpc) is 3.22. The fourth-order valence-corrected chi connectivity index (χ4v) is 4.03. The lowest BCUT2D eigenvalue weighted by molar-refractivity contribution is 0.0915. The highest BCUT2D eigenvalue weighted by atomic mass is 35.5. The van der Waals surface area contributed by atoms with Crippen LogP contribution in [-0.4, -0.2) is 27.8 Å². The number of carbonyl (C=O) groups is 1. The lowest BCUT2D eigenvalue weighted by Crippen LogP contribution is -2.49. The molecule has 1 saturated carbocycles. The first-order valence-corrected chi connectivity index (χ1v) is 9.17. The molecule has 0 radical (unpaired) electrons. The molecule has 3 N–H and O–H groups in total. The van der Waals surface area contributed by atoms with Crippen LogP contribution in [0.25, 0.3) is 5.69 Å². The molecule has 0 unspecified atom stereocenters. The molecule has 1 fully saturated rings. The molecule has 5 nitrogen and oxygen atoms in total. The summed E-state index contributed by atoms with van der Waals surface area (Å²) in [6, 6.07) is 3.59. The summed E-state index contributed by atoms with van der Waals surface area (Å²) in [7, 11) is 0. The zero-order valence-electron chi connectivity index (χ0n) is 14.9. The molecule has 27 heavy (non-hydrogen) atoms. The van der Waals surface area contributed by atoms with Crippen LogP contribution < -0.4 is 11.1 Å². The zero-order chi connectivity index (χ0) is 18.3. The summed E-state index contributed by atoms with van der Waals surface area (Å²) >= 11 is 0. The van der Waals surface area contributed by atoms with E-state index in [1.807, 2.05) is 0 Å². The van der Waals surface area contributed by atoms with Gasteiger partial charge >= 0.3 is 0 Å². The molecule has 0 saturated heterocycles. The molecule has 2 aliphatic carbocycles. The maximum atomic E-state index is 13.6. The molecular weight excluding hydrogens is 374 g/mol. The molecule has 2 aromatic rings. The third-order valence-electron chi connectivity index (χ3n) is 5.43. The van der Waals surface area contributed by atoms with Gasteiger partial charge in [0.25, 0.3) is 5.91 Å². The van der Waals surface area contributed by atoms with Crippen LogP contribution >= 0.6 is 12.4 Å². The van der Waals surface area contributed by atoms with Crippen molar-refractivity contribution in [2.75, 3.05) is 0 Å². The Morgan fingerprint density at radius 1 is 1.15 bits per heavy atom. The number of aromatic nitrogens is 2. The average molecular weight is 397 g/mol. The number of carbonyl (C=O) groups excluding carboxylic acids is 1. The van der Waals surface area contributed by atoms with Crippen LogP contribution in [0, 0.1) is 11.6 Å². The van der Waals surface area contributed by atoms with Crippen molar-refractivity contribution in [2.45, 2.75) is 57.0 Å². The number of hydrogen-bond donors (Lipinski definition) is 2. The van der Waals surface area contributed by atoms with E-state index in [1.54, 1.807) is 4.68 Å². The number of nitrogens with two attached hydrogens (primary N) is 1. The van der Waals surface area contributed by atoms with E-state index >= 15 is 0 Å². The van der Waals surface area contributed by atoms with Crippen molar-refractivity contribution in [3.8, 4) is 5.69 Å². The number of nitrogens with zero attached hydrogens (tertiary/aromatic N) is 2. The smallest absolute Gasteiger partial charge is 0.272 e. The Hall–Kier alpha value is -1.99. The molecule has 1 heterocycles. The summed E-state index contributed by atoms with van der Waals surface area (Å²) in [6.45, 7) is 0. The Balaban J connectivity index is 0.00000210. The minimum atomic E-state index is -0.927. The fourth-order valence-electron chi connectivity index (χ4n) is 4.03. The molecule has 1 amide bonds.